The van der Waals surface area contributed by atoms with Crippen LogP contribution in [0, 0.1) is 0 Å². The Kier molecular flexibility index (Phi) is 29.6. The average molecular weight is 1600 g/mol. The number of hydrogen-bond acceptors (Lipinski definition) is 41. The Balaban J connectivity index is 1.31. The van der Waals surface area contributed by atoms with Crippen molar-refractivity contribution in [2.45, 2.75) is 203 Å². The van der Waals surface area contributed by atoms with Crippen molar-refractivity contribution < 1.29 is 228 Å². The number of unbranched alkanes of at least 4 members (excludes halogenated alkanes) is 2. The first-order valence-corrected chi connectivity index (χ1v) is 36.4. The van der Waals surface area contributed by atoms with Gasteiger partial charge in [0.15, 0.2) is 74.4 Å². The molecule has 0 aromatic heterocycles. The molecule has 24 N–H and O–H groups in total. The Bertz CT molecular complexity index is 3480. The summed E-state index contributed by atoms with van der Waals surface area (Å²) < 4.78 is 288. The van der Waals surface area contributed by atoms with Crippen LogP contribution in [0.4, 0.5) is 0 Å². The van der Waals surface area contributed by atoms with Gasteiger partial charge in [0.2, 0.25) is 0 Å². The largest absolute Gasteiger partial charge is 0.479 e. The second kappa shape index (κ2) is 34.5. The minimum absolute atomic E-state index is 0.226. The number of rotatable bonds is 34. The molecular weight excluding hydrogens is 1520 g/mol. The van der Waals surface area contributed by atoms with Gasteiger partial charge in [0.05, 0.1) is 19.8 Å². The normalized spacial score (nSPS) is 40.5. The maximum absolute atomic E-state index is 13.0. The monoisotopic (exact) mass is 1590 g/mol. The zero-order valence-corrected chi connectivity index (χ0v) is 54.6. The number of nitrogens with one attached hydrogen (secondary N) is 3. The van der Waals surface area contributed by atoms with Gasteiger partial charge in [-0.2, -0.15) is 64.7 Å². The first kappa shape index (κ1) is 85.6. The van der Waals surface area contributed by atoms with Crippen molar-refractivity contribution in [3.63, 3.8) is 0 Å². The molecule has 100 heavy (non-hydrogen) atoms. The average Bonchev–Trinajstić information content (AvgIpc) is 0.765. The predicted octanol–water partition coefficient (Wildman–Crippen LogP) is -15.0. The van der Waals surface area contributed by atoms with E-state index in [-0.39, 0.29) is 19.6 Å². The predicted molar refractivity (Wildman–Crippen MR) is 296 cm³/mol. The minimum atomic E-state index is -6.13. The number of aliphatic hydroxyl groups is 10. The molecule has 53 nitrogen and oxygen atoms in total. The summed E-state index contributed by atoms with van der Waals surface area (Å²) in [5.41, 5.74) is 5.47. The third kappa shape index (κ3) is 22.6. The van der Waals surface area contributed by atoms with Crippen molar-refractivity contribution in [2.24, 2.45) is 5.73 Å². The zero-order valence-electron chi connectivity index (χ0n) is 49.7. The van der Waals surface area contributed by atoms with Gasteiger partial charge in [0.25, 0.3) is 0 Å². The van der Waals surface area contributed by atoms with Crippen LogP contribution in [-0.4, -0.2) is 379 Å². The van der Waals surface area contributed by atoms with E-state index in [0.29, 0.717) is 12.8 Å². The van der Waals surface area contributed by atoms with Crippen LogP contribution in [0.5, 0.6) is 0 Å². The summed E-state index contributed by atoms with van der Waals surface area (Å²) in [5, 5.41) is 141. The Morgan fingerprint density at radius 2 is 0.640 bits per heavy atom. The molecule has 59 heteroatoms. The fraction of sp³-hybridized carbons (Fsp3) is 0.927. The zero-order chi connectivity index (χ0) is 75.4. The number of carboxylic acid groups (broad SMARTS) is 3. The van der Waals surface area contributed by atoms with Gasteiger partial charge in [-0.15, -0.1) is 0 Å². The SMILES string of the molecule is NCCCCCO[C@@H]1O[C@H](CO)[C@@H](O[C@@H]2O[C@@H](C(=O)O)[C@@H](O[C@H]3O[C@H](CO)[C@@H](O[C@@H]4O[C@@H](C(=O)O)[C@@H](O[C@H]5O[C@H](CO)[C@@H](O[C@@H]6O[C@@H](C(=O)O)[C@@H](O)[C@H](O)[C@H]6OS(=O)(=O)O)[C@H](O)[C@H]5NS(=O)(=O)O)[C@H](O)[C@H]4OS(=O)(=O)O)[C@H](O)[C@H]3NS(=O)(=O)O)[C@H](O)[C@H]2OS(=O)(=O)O)[C@H](O)[C@H]1NS(=O)(=O)O. The molecule has 0 radical (unpaired) electrons. The highest BCUT2D eigenvalue weighted by Crippen LogP contribution is 2.39. The molecule has 0 aromatic carbocycles. The maximum atomic E-state index is 13.0. The van der Waals surface area contributed by atoms with Crippen LogP contribution in [0.3, 0.4) is 0 Å². The van der Waals surface area contributed by atoms with Crippen LogP contribution in [0.25, 0.3) is 0 Å². The molecule has 6 saturated heterocycles. The molecule has 0 saturated carbocycles. The van der Waals surface area contributed by atoms with Crippen LogP contribution >= 0.6 is 0 Å². The van der Waals surface area contributed by atoms with Gasteiger partial charge in [-0.1, -0.05) is 0 Å². The molecule has 30 atom stereocenters. The van der Waals surface area contributed by atoms with E-state index >= 15 is 0 Å². The van der Waals surface area contributed by atoms with E-state index in [1.807, 2.05) is 0 Å². The third-order valence-electron chi connectivity index (χ3n) is 15.0. The summed E-state index contributed by atoms with van der Waals surface area (Å²) in [6, 6.07) is -7.83. The van der Waals surface area contributed by atoms with Gasteiger partial charge in [-0.05, 0) is 25.8 Å². The molecule has 6 heterocycles. The van der Waals surface area contributed by atoms with E-state index in [9.17, 15) is 159 Å². The molecule has 584 valence electrons. The van der Waals surface area contributed by atoms with Crippen LogP contribution in [0.15, 0.2) is 0 Å². The molecule has 6 fully saturated rings. The number of carbonyl (C=O) groups is 3. The Morgan fingerprint density at radius 3 is 0.930 bits per heavy atom. The van der Waals surface area contributed by atoms with Gasteiger partial charge < -0.3 is 129 Å². The van der Waals surface area contributed by atoms with E-state index < -0.39 is 284 Å². The van der Waals surface area contributed by atoms with E-state index in [1.165, 1.54) is 9.44 Å². The van der Waals surface area contributed by atoms with E-state index in [1.54, 1.807) is 4.72 Å². The molecular formula is C41H70N4O49S6. The standard InChI is InChI=1S/C41H70N4O49S6/c42-4-2-1-3-5-80-36-12(43-95(62,63)64)15(49)22(9(6-46)81-36)85-40-29(93-99(74,75)76)20(54)25(31(90-40)34(58)59)88-38-14(45-97(68,69)70)17(51)24(11(8-48)83-38)86-41-30(94-100(77,78)79)21(55)26(32(91-41)35(60)61)87-37-13(44-96(65,66)67)16(50)23(10(7-47)82-37)84-39-28(92-98(71,72)73)19(53)18(52)27(89-39)33(56)57/h9-32,36-41,43-55H,1-8,42H2,(H,56,57)(H,58,59)(H,60,61)(H,62,63,64)(H,65,66,67)(H,68,69,70)(H,71,72,73)(H,74,75,76)(H,77,78,79)/t9-,10-,11-,12-,13-,14-,15-,16-,17-,18+,19+,20+,21+,22-,23-,24-,25+,26+,27-,28-,29-,30-,31-,32-,36-,37-,38-,39-,40-,41-/m1/s1. The lowest BCUT2D eigenvalue weighted by Gasteiger charge is -2.50. The van der Waals surface area contributed by atoms with Crippen molar-refractivity contribution in [1.82, 2.24) is 14.2 Å². The number of nitrogens with two attached hydrogens (primary N) is 1. The molecule has 0 amide bonds. The van der Waals surface area contributed by atoms with Crippen molar-refractivity contribution in [3.05, 3.63) is 0 Å². The molecule has 6 rings (SSSR count). The van der Waals surface area contributed by atoms with Gasteiger partial charge in [-0.25, -0.2) is 26.9 Å². The second-order valence-electron chi connectivity index (χ2n) is 21.9. The first-order chi connectivity index (χ1) is 46.0. The van der Waals surface area contributed by atoms with Crippen LogP contribution in [-0.2, 0) is 146 Å². The van der Waals surface area contributed by atoms with Crippen LogP contribution < -0.4 is 19.9 Å². The smallest absolute Gasteiger partial charge is 0.397 e. The van der Waals surface area contributed by atoms with E-state index in [0.717, 1.165) is 0 Å². The molecule has 0 spiro atoms. The van der Waals surface area contributed by atoms with Crippen LogP contribution in [0.1, 0.15) is 19.3 Å². The summed E-state index contributed by atoms with van der Waals surface area (Å²) >= 11 is 0. The molecule has 6 aliphatic heterocycles. The van der Waals surface area contributed by atoms with Gasteiger partial charge in [0, 0.05) is 6.61 Å². The molecule has 0 aromatic rings. The highest BCUT2D eigenvalue weighted by Gasteiger charge is 2.62. The molecule has 0 unspecified atom stereocenters. The highest BCUT2D eigenvalue weighted by molar-refractivity contribution is 7.84. The maximum Gasteiger partial charge on any atom is 0.397 e. The molecule has 6 aliphatic rings. The lowest BCUT2D eigenvalue weighted by Crippen LogP contribution is -2.71. The number of aliphatic hydroxyl groups excluding tert-OH is 10. The fourth-order valence-electron chi connectivity index (χ4n) is 10.8. The quantitative estimate of drug-likeness (QED) is 0.0210. The molecule has 0 aliphatic carbocycles. The third-order valence-corrected chi connectivity index (χ3v) is 18.1. The summed E-state index contributed by atoms with van der Waals surface area (Å²) in [6.45, 7) is -4.47. The van der Waals surface area contributed by atoms with Crippen molar-refractivity contribution in [1.29, 1.82) is 0 Å². The van der Waals surface area contributed by atoms with Crippen molar-refractivity contribution in [2.75, 3.05) is 33.0 Å². The second-order valence-corrected chi connectivity index (χ2v) is 28.6. The lowest BCUT2D eigenvalue weighted by molar-refractivity contribution is -0.376. The number of carboxylic acids is 3. The van der Waals surface area contributed by atoms with Gasteiger partial charge in [-0.3, -0.25) is 27.3 Å². The Hall–Kier alpha value is -3.29. The summed E-state index contributed by atoms with van der Waals surface area (Å²) in [5.74, 6) is -6.85. The van der Waals surface area contributed by atoms with E-state index in [2.05, 4.69) is 12.5 Å². The number of hydrogen-bond donors (Lipinski definition) is 23. The van der Waals surface area contributed by atoms with Crippen molar-refractivity contribution in [3.8, 4) is 0 Å². The highest BCUT2D eigenvalue weighted by atomic mass is 32.3. The van der Waals surface area contributed by atoms with Crippen LogP contribution in [0.2, 0.25) is 0 Å². The number of aliphatic carboxylic acids is 3. The van der Waals surface area contributed by atoms with Crippen molar-refractivity contribution >= 4 is 80.0 Å². The van der Waals surface area contributed by atoms with E-state index in [4.69, 9.17) is 62.6 Å². The molecule has 0 bridgehead atoms. The lowest BCUT2D eigenvalue weighted by atomic mass is 9.94. The first-order valence-electron chi connectivity index (χ1n) is 28.0. The Morgan fingerprint density at radius 1 is 0.350 bits per heavy atom. The summed E-state index contributed by atoms with van der Waals surface area (Å²) in [7, 11) is -34.9. The Labute approximate surface area is 562 Å². The van der Waals surface area contributed by atoms with Gasteiger partial charge >= 0.3 is 80.0 Å². The summed E-state index contributed by atoms with van der Waals surface area (Å²) in [4.78, 5) is 37.9. The fourth-order valence-corrected chi connectivity index (χ4v) is 14.1. The topological polar surface area (TPSA) is 841 Å². The summed E-state index contributed by atoms with van der Waals surface area (Å²) in [6.07, 6.45) is -72.8. The number of ether oxygens (including phenoxy) is 12. The van der Waals surface area contributed by atoms with Gasteiger partial charge in [0.1, 0.15) is 110 Å². The minimum Gasteiger partial charge on any atom is -0.479 e.